The van der Waals surface area contributed by atoms with Crippen molar-refractivity contribution in [2.24, 2.45) is 16.7 Å². The molecule has 1 rings (SSSR count). The average molecular weight is 283 g/mol. The van der Waals surface area contributed by atoms with Crippen LogP contribution >= 0.6 is 0 Å². The van der Waals surface area contributed by atoms with Crippen molar-refractivity contribution < 1.29 is 9.90 Å². The number of carbonyl (C=O) groups excluding carboxylic acids is 1. The molecular formula is C17H33NO2. The fraction of sp³-hybridized carbons (Fsp3) is 0.941. The molecule has 0 unspecified atom stereocenters. The van der Waals surface area contributed by atoms with Gasteiger partial charge in [-0.25, -0.2) is 0 Å². The van der Waals surface area contributed by atoms with Crippen LogP contribution in [0.15, 0.2) is 0 Å². The SMILES string of the molecule is CCC(CC)(CCO)CNC(=O)C(C)(C)C1CCCC1. The fourth-order valence-corrected chi connectivity index (χ4v) is 3.51. The van der Waals surface area contributed by atoms with Crippen molar-refractivity contribution in [1.29, 1.82) is 0 Å². The molecule has 0 aliphatic heterocycles. The molecular weight excluding hydrogens is 250 g/mol. The lowest BCUT2D eigenvalue weighted by molar-refractivity contribution is -0.132. The monoisotopic (exact) mass is 283 g/mol. The summed E-state index contributed by atoms with van der Waals surface area (Å²) in [5, 5.41) is 12.4. The summed E-state index contributed by atoms with van der Waals surface area (Å²) in [5.41, 5.74) is -0.209. The van der Waals surface area contributed by atoms with Gasteiger partial charge in [-0.3, -0.25) is 4.79 Å². The zero-order valence-corrected chi connectivity index (χ0v) is 13.8. The predicted octanol–water partition coefficient (Wildman–Crippen LogP) is 3.51. The molecule has 1 aliphatic rings. The summed E-state index contributed by atoms with van der Waals surface area (Å²) in [5.74, 6) is 0.714. The zero-order valence-electron chi connectivity index (χ0n) is 13.8. The Balaban J connectivity index is 2.60. The first-order chi connectivity index (χ1) is 9.41. The van der Waals surface area contributed by atoms with E-state index >= 15 is 0 Å². The molecule has 0 saturated heterocycles. The fourth-order valence-electron chi connectivity index (χ4n) is 3.51. The van der Waals surface area contributed by atoms with Crippen LogP contribution in [0.1, 0.15) is 72.6 Å². The lowest BCUT2D eigenvalue weighted by atomic mass is 9.75. The first-order valence-electron chi connectivity index (χ1n) is 8.31. The molecule has 1 amide bonds. The highest BCUT2D eigenvalue weighted by Gasteiger charge is 2.38. The molecule has 0 aromatic rings. The normalized spacial score (nSPS) is 17.4. The lowest BCUT2D eigenvalue weighted by Crippen LogP contribution is -2.45. The first-order valence-corrected chi connectivity index (χ1v) is 8.31. The molecule has 0 bridgehead atoms. The number of rotatable bonds is 8. The topological polar surface area (TPSA) is 49.3 Å². The standard InChI is InChI=1S/C17H33NO2/c1-5-17(6-2,11-12-19)13-18-15(20)16(3,4)14-9-7-8-10-14/h14,19H,5-13H2,1-4H3,(H,18,20). The second kappa shape index (κ2) is 7.44. The van der Waals surface area contributed by atoms with E-state index in [4.69, 9.17) is 0 Å². The highest BCUT2D eigenvalue weighted by Crippen LogP contribution is 2.40. The largest absolute Gasteiger partial charge is 0.396 e. The zero-order chi connectivity index (χ0) is 15.2. The number of hydrogen-bond donors (Lipinski definition) is 2. The smallest absolute Gasteiger partial charge is 0.225 e. The number of carbonyl (C=O) groups is 1. The maximum atomic E-state index is 12.6. The van der Waals surface area contributed by atoms with Gasteiger partial charge in [0.25, 0.3) is 0 Å². The Bertz CT molecular complexity index is 302. The molecule has 0 aromatic heterocycles. The summed E-state index contributed by atoms with van der Waals surface area (Å²) in [6, 6.07) is 0. The molecule has 0 aromatic carbocycles. The summed E-state index contributed by atoms with van der Waals surface area (Å²) < 4.78 is 0. The highest BCUT2D eigenvalue weighted by atomic mass is 16.3. The summed E-state index contributed by atoms with van der Waals surface area (Å²) >= 11 is 0. The van der Waals surface area contributed by atoms with E-state index in [2.05, 4.69) is 33.0 Å². The second-order valence-electron chi connectivity index (χ2n) is 7.07. The van der Waals surface area contributed by atoms with Gasteiger partial charge in [0, 0.05) is 18.6 Å². The van der Waals surface area contributed by atoms with Crippen LogP contribution in [-0.4, -0.2) is 24.2 Å². The molecule has 3 heteroatoms. The average Bonchev–Trinajstić information content (AvgIpc) is 2.98. The Morgan fingerprint density at radius 1 is 1.20 bits per heavy atom. The molecule has 0 heterocycles. The van der Waals surface area contributed by atoms with Crippen LogP contribution in [0.2, 0.25) is 0 Å². The molecule has 3 nitrogen and oxygen atoms in total. The van der Waals surface area contributed by atoms with Gasteiger partial charge in [0.1, 0.15) is 0 Å². The van der Waals surface area contributed by atoms with Crippen LogP contribution < -0.4 is 5.32 Å². The van der Waals surface area contributed by atoms with E-state index in [9.17, 15) is 9.90 Å². The Labute approximate surface area is 124 Å². The second-order valence-corrected chi connectivity index (χ2v) is 7.07. The molecule has 0 atom stereocenters. The van der Waals surface area contributed by atoms with Crippen molar-refractivity contribution in [2.75, 3.05) is 13.2 Å². The molecule has 2 N–H and O–H groups in total. The third-order valence-corrected chi connectivity index (χ3v) is 5.73. The van der Waals surface area contributed by atoms with Gasteiger partial charge in [-0.2, -0.15) is 0 Å². The minimum absolute atomic E-state index is 0.0518. The van der Waals surface area contributed by atoms with E-state index in [1.807, 2.05) is 0 Å². The van der Waals surface area contributed by atoms with Crippen LogP contribution in [0.25, 0.3) is 0 Å². The van der Waals surface area contributed by atoms with Gasteiger partial charge in [-0.15, -0.1) is 0 Å². The van der Waals surface area contributed by atoms with Crippen LogP contribution in [0.4, 0.5) is 0 Å². The Morgan fingerprint density at radius 2 is 1.75 bits per heavy atom. The van der Waals surface area contributed by atoms with Gasteiger partial charge in [-0.05, 0) is 43.4 Å². The van der Waals surface area contributed by atoms with Crippen molar-refractivity contribution in [3.05, 3.63) is 0 Å². The van der Waals surface area contributed by atoms with E-state index in [0.717, 1.165) is 19.3 Å². The maximum absolute atomic E-state index is 12.6. The van der Waals surface area contributed by atoms with Crippen LogP contribution in [0, 0.1) is 16.7 Å². The summed E-state index contributed by atoms with van der Waals surface area (Å²) in [7, 11) is 0. The predicted molar refractivity (Wildman–Crippen MR) is 83.5 cm³/mol. The molecule has 0 spiro atoms. The van der Waals surface area contributed by atoms with Crippen LogP contribution in [0.3, 0.4) is 0 Å². The number of nitrogens with one attached hydrogen (secondary N) is 1. The third-order valence-electron chi connectivity index (χ3n) is 5.73. The summed E-state index contributed by atoms with van der Waals surface area (Å²) in [4.78, 5) is 12.6. The van der Waals surface area contributed by atoms with E-state index in [1.165, 1.54) is 25.7 Å². The Morgan fingerprint density at radius 3 is 2.20 bits per heavy atom. The molecule has 1 aliphatic carbocycles. The quantitative estimate of drug-likeness (QED) is 0.716. The molecule has 118 valence electrons. The molecule has 0 radical (unpaired) electrons. The van der Waals surface area contributed by atoms with Crippen molar-refractivity contribution in [3.8, 4) is 0 Å². The summed E-state index contributed by atoms with van der Waals surface area (Å²) in [6.07, 6.45) is 7.65. The molecule has 1 fully saturated rings. The Hall–Kier alpha value is -0.570. The number of aliphatic hydroxyl groups is 1. The van der Waals surface area contributed by atoms with E-state index < -0.39 is 0 Å². The number of amides is 1. The minimum Gasteiger partial charge on any atom is -0.396 e. The van der Waals surface area contributed by atoms with Crippen molar-refractivity contribution in [3.63, 3.8) is 0 Å². The highest BCUT2D eigenvalue weighted by molar-refractivity contribution is 5.82. The number of aliphatic hydroxyl groups excluding tert-OH is 1. The van der Waals surface area contributed by atoms with Gasteiger partial charge in [0.2, 0.25) is 5.91 Å². The van der Waals surface area contributed by atoms with Gasteiger partial charge in [-0.1, -0.05) is 40.5 Å². The van der Waals surface area contributed by atoms with Crippen molar-refractivity contribution in [2.45, 2.75) is 72.6 Å². The van der Waals surface area contributed by atoms with E-state index in [1.54, 1.807) is 0 Å². The van der Waals surface area contributed by atoms with Crippen molar-refractivity contribution in [1.82, 2.24) is 5.32 Å². The Kier molecular flexibility index (Phi) is 6.50. The molecule has 1 saturated carbocycles. The lowest BCUT2D eigenvalue weighted by Gasteiger charge is -2.35. The van der Waals surface area contributed by atoms with Gasteiger partial charge < -0.3 is 10.4 Å². The van der Waals surface area contributed by atoms with Gasteiger partial charge in [0.05, 0.1) is 0 Å². The van der Waals surface area contributed by atoms with E-state index in [-0.39, 0.29) is 23.3 Å². The van der Waals surface area contributed by atoms with Crippen LogP contribution in [0.5, 0.6) is 0 Å². The number of hydrogen-bond acceptors (Lipinski definition) is 2. The van der Waals surface area contributed by atoms with Gasteiger partial charge >= 0.3 is 0 Å². The van der Waals surface area contributed by atoms with Crippen molar-refractivity contribution >= 4 is 5.91 Å². The minimum atomic E-state index is -0.261. The van der Waals surface area contributed by atoms with Gasteiger partial charge in [0.15, 0.2) is 0 Å². The van der Waals surface area contributed by atoms with E-state index in [0.29, 0.717) is 12.5 Å². The first kappa shape index (κ1) is 17.5. The maximum Gasteiger partial charge on any atom is 0.225 e. The molecule has 20 heavy (non-hydrogen) atoms. The van der Waals surface area contributed by atoms with Crippen LogP contribution in [-0.2, 0) is 4.79 Å². The summed E-state index contributed by atoms with van der Waals surface area (Å²) in [6.45, 7) is 9.35. The third kappa shape index (κ3) is 3.97.